The molecule has 96 valence electrons. The van der Waals surface area contributed by atoms with Crippen LogP contribution in [0, 0.1) is 0 Å². The number of carboxylic acids is 1. The number of rotatable bonds is 5. The molecule has 0 saturated carbocycles. The monoisotopic (exact) mass is 240 g/mol. The first-order valence-corrected chi connectivity index (χ1v) is 6.05. The van der Waals surface area contributed by atoms with Crippen molar-refractivity contribution in [3.05, 3.63) is 12.2 Å². The number of hydrogen-bond acceptors (Lipinski definition) is 3. The number of aliphatic carboxylic acids is 1. The standard InChI is InChI=1S/C12H20N2O3/c1-2-7-14-8-5-10(6-9-14)13-11(15)3-4-12(16)17/h3-4,10H,2,5-9H2,1H3,(H,13,15)(H,16,17)/b4-3+. The highest BCUT2D eigenvalue weighted by molar-refractivity contribution is 5.93. The van der Waals surface area contributed by atoms with Crippen LogP contribution in [-0.2, 0) is 9.59 Å². The van der Waals surface area contributed by atoms with Gasteiger partial charge in [0, 0.05) is 31.3 Å². The Hall–Kier alpha value is -1.36. The van der Waals surface area contributed by atoms with Gasteiger partial charge < -0.3 is 15.3 Å². The van der Waals surface area contributed by atoms with Gasteiger partial charge in [0.15, 0.2) is 0 Å². The van der Waals surface area contributed by atoms with Gasteiger partial charge in [-0.1, -0.05) is 6.92 Å². The molecule has 0 aliphatic carbocycles. The number of carbonyl (C=O) groups is 2. The third kappa shape index (κ3) is 5.49. The maximum Gasteiger partial charge on any atom is 0.328 e. The Morgan fingerprint density at radius 2 is 2.00 bits per heavy atom. The van der Waals surface area contributed by atoms with Crippen LogP contribution in [0.4, 0.5) is 0 Å². The fourth-order valence-corrected chi connectivity index (χ4v) is 2.01. The van der Waals surface area contributed by atoms with Crippen LogP contribution in [-0.4, -0.2) is 47.6 Å². The van der Waals surface area contributed by atoms with E-state index in [1.54, 1.807) is 0 Å². The van der Waals surface area contributed by atoms with E-state index in [4.69, 9.17) is 5.11 Å². The average Bonchev–Trinajstić information content (AvgIpc) is 2.29. The van der Waals surface area contributed by atoms with Crippen LogP contribution in [0.1, 0.15) is 26.2 Å². The highest BCUT2D eigenvalue weighted by atomic mass is 16.4. The minimum Gasteiger partial charge on any atom is -0.478 e. The third-order valence-electron chi connectivity index (χ3n) is 2.85. The lowest BCUT2D eigenvalue weighted by atomic mass is 10.0. The smallest absolute Gasteiger partial charge is 0.328 e. The van der Waals surface area contributed by atoms with Gasteiger partial charge in [-0.3, -0.25) is 4.79 Å². The molecule has 0 unspecified atom stereocenters. The van der Waals surface area contributed by atoms with E-state index in [-0.39, 0.29) is 11.9 Å². The van der Waals surface area contributed by atoms with E-state index < -0.39 is 5.97 Å². The van der Waals surface area contributed by atoms with E-state index in [1.807, 2.05) is 0 Å². The SMILES string of the molecule is CCCN1CCC(NC(=O)/C=C/C(=O)O)CC1. The maximum absolute atomic E-state index is 11.3. The zero-order chi connectivity index (χ0) is 12.7. The van der Waals surface area contributed by atoms with E-state index >= 15 is 0 Å². The Bertz CT molecular complexity index is 294. The van der Waals surface area contributed by atoms with Crippen LogP contribution >= 0.6 is 0 Å². The lowest BCUT2D eigenvalue weighted by molar-refractivity contribution is -0.131. The summed E-state index contributed by atoms with van der Waals surface area (Å²) in [5, 5.41) is 11.2. The summed E-state index contributed by atoms with van der Waals surface area (Å²) in [7, 11) is 0. The molecule has 2 N–H and O–H groups in total. The molecule has 17 heavy (non-hydrogen) atoms. The Morgan fingerprint density at radius 3 is 2.53 bits per heavy atom. The van der Waals surface area contributed by atoms with Crippen molar-refractivity contribution < 1.29 is 14.7 Å². The van der Waals surface area contributed by atoms with Crippen LogP contribution in [0.25, 0.3) is 0 Å². The van der Waals surface area contributed by atoms with E-state index in [0.29, 0.717) is 0 Å². The number of nitrogens with zero attached hydrogens (tertiary/aromatic N) is 1. The molecule has 1 rings (SSSR count). The summed E-state index contributed by atoms with van der Waals surface area (Å²) < 4.78 is 0. The van der Waals surface area contributed by atoms with Gasteiger partial charge in [-0.15, -0.1) is 0 Å². The summed E-state index contributed by atoms with van der Waals surface area (Å²) in [5.41, 5.74) is 0. The molecule has 0 spiro atoms. The second-order valence-electron chi connectivity index (χ2n) is 4.30. The molecule has 1 saturated heterocycles. The first-order chi connectivity index (χ1) is 8.11. The van der Waals surface area contributed by atoms with Crippen LogP contribution < -0.4 is 5.32 Å². The first-order valence-electron chi connectivity index (χ1n) is 6.05. The van der Waals surface area contributed by atoms with E-state index in [0.717, 1.165) is 51.0 Å². The van der Waals surface area contributed by atoms with Gasteiger partial charge in [0.25, 0.3) is 0 Å². The molecular weight excluding hydrogens is 220 g/mol. The molecule has 0 aromatic heterocycles. The normalized spacial score (nSPS) is 18.4. The summed E-state index contributed by atoms with van der Waals surface area (Å²) in [6, 6.07) is 0.175. The maximum atomic E-state index is 11.3. The molecule has 1 aliphatic rings. The van der Waals surface area contributed by atoms with Crippen molar-refractivity contribution in [2.24, 2.45) is 0 Å². The van der Waals surface area contributed by atoms with Crippen molar-refractivity contribution in [3.8, 4) is 0 Å². The zero-order valence-electron chi connectivity index (χ0n) is 10.2. The molecule has 0 atom stereocenters. The second-order valence-corrected chi connectivity index (χ2v) is 4.30. The summed E-state index contributed by atoms with van der Waals surface area (Å²) in [4.78, 5) is 24.0. The predicted octanol–water partition coefficient (Wildman–Crippen LogP) is 0.618. The number of carbonyl (C=O) groups excluding carboxylic acids is 1. The molecule has 5 nitrogen and oxygen atoms in total. The van der Waals surface area contributed by atoms with E-state index in [9.17, 15) is 9.59 Å². The molecule has 0 aromatic rings. The van der Waals surface area contributed by atoms with Gasteiger partial charge in [0.2, 0.25) is 5.91 Å². The molecule has 0 bridgehead atoms. The van der Waals surface area contributed by atoms with Gasteiger partial charge in [-0.25, -0.2) is 4.79 Å². The van der Waals surface area contributed by atoms with Gasteiger partial charge >= 0.3 is 5.97 Å². The second kappa shape index (κ2) is 7.06. The van der Waals surface area contributed by atoms with Crippen molar-refractivity contribution in [3.63, 3.8) is 0 Å². The van der Waals surface area contributed by atoms with Crippen molar-refractivity contribution in [1.82, 2.24) is 10.2 Å². The number of amides is 1. The summed E-state index contributed by atoms with van der Waals surface area (Å²) in [6.07, 6.45) is 4.96. The molecule has 1 fully saturated rings. The molecule has 1 aliphatic heterocycles. The lowest BCUT2D eigenvalue weighted by Gasteiger charge is -2.31. The largest absolute Gasteiger partial charge is 0.478 e. The number of piperidine rings is 1. The fourth-order valence-electron chi connectivity index (χ4n) is 2.01. The molecule has 0 radical (unpaired) electrons. The van der Waals surface area contributed by atoms with Crippen molar-refractivity contribution in [1.29, 1.82) is 0 Å². The Labute approximate surface area is 101 Å². The number of likely N-dealkylation sites (tertiary alicyclic amines) is 1. The summed E-state index contributed by atoms with van der Waals surface area (Å²) >= 11 is 0. The minimum absolute atomic E-state index is 0.175. The number of nitrogens with one attached hydrogen (secondary N) is 1. The number of hydrogen-bond donors (Lipinski definition) is 2. The average molecular weight is 240 g/mol. The summed E-state index contributed by atoms with van der Waals surface area (Å²) in [6.45, 7) is 5.27. The molecule has 5 heteroatoms. The van der Waals surface area contributed by atoms with Crippen LogP contribution in [0.2, 0.25) is 0 Å². The Kier molecular flexibility index (Phi) is 5.69. The highest BCUT2D eigenvalue weighted by Crippen LogP contribution is 2.10. The van der Waals surface area contributed by atoms with Crippen molar-refractivity contribution in [2.75, 3.05) is 19.6 Å². The van der Waals surface area contributed by atoms with Crippen LogP contribution in [0.3, 0.4) is 0 Å². The van der Waals surface area contributed by atoms with Crippen LogP contribution in [0.15, 0.2) is 12.2 Å². The quantitative estimate of drug-likeness (QED) is 0.691. The van der Waals surface area contributed by atoms with Crippen LogP contribution in [0.5, 0.6) is 0 Å². The van der Waals surface area contributed by atoms with Gasteiger partial charge in [0.05, 0.1) is 0 Å². The Balaban J connectivity index is 2.26. The molecule has 1 amide bonds. The molecule has 0 aromatic carbocycles. The van der Waals surface area contributed by atoms with Gasteiger partial charge in [-0.2, -0.15) is 0 Å². The summed E-state index contributed by atoms with van der Waals surface area (Å²) in [5.74, 6) is -1.42. The molecule has 1 heterocycles. The molecular formula is C12H20N2O3. The Morgan fingerprint density at radius 1 is 1.35 bits per heavy atom. The van der Waals surface area contributed by atoms with Crippen molar-refractivity contribution in [2.45, 2.75) is 32.2 Å². The minimum atomic E-state index is -1.10. The van der Waals surface area contributed by atoms with E-state index in [1.165, 1.54) is 0 Å². The van der Waals surface area contributed by atoms with E-state index in [2.05, 4.69) is 17.1 Å². The van der Waals surface area contributed by atoms with Crippen molar-refractivity contribution >= 4 is 11.9 Å². The van der Waals surface area contributed by atoms with Gasteiger partial charge in [-0.05, 0) is 25.8 Å². The fraction of sp³-hybridized carbons (Fsp3) is 0.667. The van der Waals surface area contributed by atoms with Gasteiger partial charge in [0.1, 0.15) is 0 Å². The highest BCUT2D eigenvalue weighted by Gasteiger charge is 2.19. The zero-order valence-corrected chi connectivity index (χ0v) is 10.2. The number of carboxylic acid groups (broad SMARTS) is 1. The topological polar surface area (TPSA) is 69.6 Å². The predicted molar refractivity (Wildman–Crippen MR) is 64.7 cm³/mol. The third-order valence-corrected chi connectivity index (χ3v) is 2.85. The first kappa shape index (κ1) is 13.7. The lowest BCUT2D eigenvalue weighted by Crippen LogP contribution is -2.44.